The molecule has 0 fully saturated rings. The first kappa shape index (κ1) is 22.8. The number of benzene rings is 2. The molecular formula is C26H27ClN4O2. The number of nitrogens with zero attached hydrogens (tertiary/aromatic N) is 3. The summed E-state index contributed by atoms with van der Waals surface area (Å²) in [5.74, 6) is 2.09. The number of nitrogens with one attached hydrogen (secondary N) is 1. The average Bonchev–Trinajstić information content (AvgIpc) is 3.34. The maximum Gasteiger partial charge on any atom is 0.221 e. The van der Waals surface area contributed by atoms with Gasteiger partial charge in [0.05, 0.1) is 23.3 Å². The summed E-state index contributed by atoms with van der Waals surface area (Å²) in [5.41, 5.74) is 1.57. The molecule has 1 amide bonds. The molecule has 0 aliphatic rings. The van der Waals surface area contributed by atoms with Crippen molar-refractivity contribution in [1.82, 2.24) is 15.3 Å². The third-order valence-electron chi connectivity index (χ3n) is 5.55. The third kappa shape index (κ3) is 5.52. The second kappa shape index (κ2) is 10.5. The number of fused-ring (bicyclic) bond motifs is 1. The summed E-state index contributed by atoms with van der Waals surface area (Å²) in [6, 6.07) is 19.3. The summed E-state index contributed by atoms with van der Waals surface area (Å²) in [4.78, 5) is 24.3. The highest BCUT2D eigenvalue weighted by molar-refractivity contribution is 6.33. The Morgan fingerprint density at radius 2 is 1.88 bits per heavy atom. The summed E-state index contributed by atoms with van der Waals surface area (Å²) in [6.07, 6.45) is 2.88. The van der Waals surface area contributed by atoms with Gasteiger partial charge in [-0.05, 0) is 49.7 Å². The van der Waals surface area contributed by atoms with E-state index in [4.69, 9.17) is 26.0 Å². The van der Waals surface area contributed by atoms with Gasteiger partial charge >= 0.3 is 0 Å². The number of carbonyl (C=O) groups excluding carboxylic acids is 1. The van der Waals surface area contributed by atoms with Gasteiger partial charge < -0.3 is 14.6 Å². The van der Waals surface area contributed by atoms with Gasteiger partial charge in [0.1, 0.15) is 11.6 Å². The molecule has 0 aliphatic heterocycles. The number of para-hydroxylation sites is 1. The van der Waals surface area contributed by atoms with Crippen molar-refractivity contribution in [2.75, 3.05) is 11.4 Å². The zero-order valence-corrected chi connectivity index (χ0v) is 19.5. The Kier molecular flexibility index (Phi) is 7.25. The zero-order valence-electron chi connectivity index (χ0n) is 18.8. The minimum atomic E-state index is 0.0125. The molecule has 2 heterocycles. The first-order valence-corrected chi connectivity index (χ1v) is 11.5. The molecule has 0 unspecified atom stereocenters. The van der Waals surface area contributed by atoms with Gasteiger partial charge in [0, 0.05) is 30.0 Å². The number of aromatic nitrogens is 2. The second-order valence-corrected chi connectivity index (χ2v) is 8.40. The highest BCUT2D eigenvalue weighted by Crippen LogP contribution is 2.31. The molecule has 1 N–H and O–H groups in total. The predicted molar refractivity (Wildman–Crippen MR) is 132 cm³/mol. The number of furan rings is 1. The molecule has 1 atom stereocenters. The Hall–Kier alpha value is -3.38. The standard InChI is InChI=1S/C26H27ClN4O2/c1-3-18(2)28-24(32)14-15-31(17-19-9-8-16-33-19)26-21-11-5-7-13-23(21)29-25(30-26)20-10-4-6-12-22(20)27/h4-13,16,18H,3,14-15,17H2,1-2H3,(H,28,32)/t18-/m0/s1. The van der Waals surface area contributed by atoms with Crippen LogP contribution in [0.5, 0.6) is 0 Å². The number of hydrogen-bond donors (Lipinski definition) is 1. The van der Waals surface area contributed by atoms with E-state index in [1.807, 2.05) is 67.6 Å². The fourth-order valence-corrected chi connectivity index (χ4v) is 3.82. The van der Waals surface area contributed by atoms with Gasteiger partial charge in [-0.1, -0.05) is 42.8 Å². The number of amides is 1. The van der Waals surface area contributed by atoms with Crippen LogP contribution in [-0.4, -0.2) is 28.5 Å². The summed E-state index contributed by atoms with van der Waals surface area (Å²) in [7, 11) is 0. The Balaban J connectivity index is 1.74. The monoisotopic (exact) mass is 462 g/mol. The predicted octanol–water partition coefficient (Wildman–Crippen LogP) is 5.85. The smallest absolute Gasteiger partial charge is 0.221 e. The molecule has 7 heteroatoms. The van der Waals surface area contributed by atoms with Crippen LogP contribution >= 0.6 is 11.6 Å². The van der Waals surface area contributed by atoms with Crippen molar-refractivity contribution in [2.24, 2.45) is 0 Å². The van der Waals surface area contributed by atoms with Gasteiger partial charge in [-0.2, -0.15) is 0 Å². The molecule has 6 nitrogen and oxygen atoms in total. The van der Waals surface area contributed by atoms with Crippen molar-refractivity contribution < 1.29 is 9.21 Å². The van der Waals surface area contributed by atoms with Crippen molar-refractivity contribution in [3.63, 3.8) is 0 Å². The molecule has 0 bridgehead atoms. The van der Waals surface area contributed by atoms with Crippen LogP contribution in [0.2, 0.25) is 5.02 Å². The average molecular weight is 463 g/mol. The van der Waals surface area contributed by atoms with Crippen LogP contribution in [0.4, 0.5) is 5.82 Å². The van der Waals surface area contributed by atoms with Crippen molar-refractivity contribution >= 4 is 34.2 Å². The SMILES string of the molecule is CC[C@H](C)NC(=O)CCN(Cc1ccco1)c1nc(-c2ccccc2Cl)nc2ccccc12. The van der Waals surface area contributed by atoms with Crippen molar-refractivity contribution in [1.29, 1.82) is 0 Å². The molecule has 0 saturated heterocycles. The molecule has 2 aromatic carbocycles. The number of halogens is 1. The van der Waals surface area contributed by atoms with Crippen LogP contribution in [0.3, 0.4) is 0 Å². The molecule has 170 valence electrons. The lowest BCUT2D eigenvalue weighted by Crippen LogP contribution is -2.35. The van der Waals surface area contributed by atoms with E-state index in [1.54, 1.807) is 6.26 Å². The molecule has 0 saturated carbocycles. The number of carbonyl (C=O) groups is 1. The van der Waals surface area contributed by atoms with E-state index in [-0.39, 0.29) is 11.9 Å². The van der Waals surface area contributed by atoms with Gasteiger partial charge in [0.2, 0.25) is 5.91 Å². The quantitative estimate of drug-likeness (QED) is 0.337. The van der Waals surface area contributed by atoms with Crippen LogP contribution in [0, 0.1) is 0 Å². The Labute approximate surface area is 198 Å². The first-order chi connectivity index (χ1) is 16.0. The van der Waals surface area contributed by atoms with Crippen LogP contribution in [0.15, 0.2) is 71.3 Å². The summed E-state index contributed by atoms with van der Waals surface area (Å²) < 4.78 is 5.61. The van der Waals surface area contributed by atoms with E-state index < -0.39 is 0 Å². The molecule has 2 aromatic heterocycles. The number of rotatable bonds is 9. The molecule has 0 spiro atoms. The van der Waals surface area contributed by atoms with Gasteiger partial charge in [-0.15, -0.1) is 0 Å². The fraction of sp³-hybridized carbons (Fsp3) is 0.269. The second-order valence-electron chi connectivity index (χ2n) is 8.00. The Bertz CT molecular complexity index is 1230. The largest absolute Gasteiger partial charge is 0.467 e. The summed E-state index contributed by atoms with van der Waals surface area (Å²) >= 11 is 6.46. The molecule has 4 rings (SSSR count). The maximum absolute atomic E-state index is 12.5. The van der Waals surface area contributed by atoms with E-state index in [2.05, 4.69) is 17.1 Å². The Morgan fingerprint density at radius 3 is 2.64 bits per heavy atom. The Morgan fingerprint density at radius 1 is 1.09 bits per heavy atom. The number of hydrogen-bond acceptors (Lipinski definition) is 5. The van der Waals surface area contributed by atoms with E-state index in [1.165, 1.54) is 0 Å². The lowest BCUT2D eigenvalue weighted by molar-refractivity contribution is -0.121. The van der Waals surface area contributed by atoms with Crippen LogP contribution in [-0.2, 0) is 11.3 Å². The topological polar surface area (TPSA) is 71.3 Å². The van der Waals surface area contributed by atoms with Gasteiger partial charge in [-0.3, -0.25) is 4.79 Å². The van der Waals surface area contributed by atoms with E-state index in [0.717, 1.165) is 34.5 Å². The van der Waals surface area contributed by atoms with Gasteiger partial charge in [0.25, 0.3) is 0 Å². The van der Waals surface area contributed by atoms with Gasteiger partial charge in [0.15, 0.2) is 5.82 Å². The normalized spacial score (nSPS) is 12.0. The molecule has 0 radical (unpaired) electrons. The molecular weight excluding hydrogens is 436 g/mol. The van der Waals surface area contributed by atoms with E-state index in [9.17, 15) is 4.79 Å². The van der Waals surface area contributed by atoms with E-state index in [0.29, 0.717) is 30.4 Å². The van der Waals surface area contributed by atoms with Crippen LogP contribution in [0.25, 0.3) is 22.3 Å². The minimum Gasteiger partial charge on any atom is -0.467 e. The molecule has 4 aromatic rings. The first-order valence-electron chi connectivity index (χ1n) is 11.1. The van der Waals surface area contributed by atoms with E-state index >= 15 is 0 Å². The maximum atomic E-state index is 12.5. The van der Waals surface area contributed by atoms with Crippen LogP contribution < -0.4 is 10.2 Å². The highest BCUT2D eigenvalue weighted by atomic mass is 35.5. The molecule has 33 heavy (non-hydrogen) atoms. The van der Waals surface area contributed by atoms with Gasteiger partial charge in [-0.25, -0.2) is 9.97 Å². The lowest BCUT2D eigenvalue weighted by atomic mass is 10.1. The van der Waals surface area contributed by atoms with Crippen molar-refractivity contribution in [2.45, 2.75) is 39.3 Å². The van der Waals surface area contributed by atoms with Crippen LogP contribution in [0.1, 0.15) is 32.4 Å². The third-order valence-corrected chi connectivity index (χ3v) is 5.88. The summed E-state index contributed by atoms with van der Waals surface area (Å²) in [6.45, 7) is 5.02. The highest BCUT2D eigenvalue weighted by Gasteiger charge is 2.19. The zero-order chi connectivity index (χ0) is 23.2. The fourth-order valence-electron chi connectivity index (χ4n) is 3.60. The molecule has 0 aliphatic carbocycles. The number of anilines is 1. The lowest BCUT2D eigenvalue weighted by Gasteiger charge is -2.25. The van der Waals surface area contributed by atoms with Crippen molar-refractivity contribution in [3.8, 4) is 11.4 Å². The summed E-state index contributed by atoms with van der Waals surface area (Å²) in [5, 5.41) is 4.53. The minimum absolute atomic E-state index is 0.0125. The van der Waals surface area contributed by atoms with Crippen molar-refractivity contribution in [3.05, 3.63) is 77.7 Å².